The Morgan fingerprint density at radius 1 is 1.10 bits per heavy atom. The minimum Gasteiger partial charge on any atom is -0.372 e. The first kappa shape index (κ1) is 19.6. The van der Waals surface area contributed by atoms with Crippen molar-refractivity contribution in [3.8, 4) is 16.9 Å². The molecule has 1 aliphatic rings. The molecule has 0 N–H and O–H groups in total. The van der Waals surface area contributed by atoms with Crippen LogP contribution in [0.3, 0.4) is 0 Å². The number of para-hydroxylation sites is 1. The van der Waals surface area contributed by atoms with Gasteiger partial charge in [-0.3, -0.25) is 4.79 Å². The topological polar surface area (TPSA) is 47.4 Å². The summed E-state index contributed by atoms with van der Waals surface area (Å²) in [6, 6.07) is 15.0. The first-order valence-electron chi connectivity index (χ1n) is 9.48. The number of hydrogen-bond acceptors (Lipinski definition) is 3. The molecule has 4 rings (SSSR count). The van der Waals surface area contributed by atoms with Crippen LogP contribution in [0.4, 0.5) is 4.39 Å². The third-order valence-electron chi connectivity index (χ3n) is 4.86. The Balaban J connectivity index is 1.80. The largest absolute Gasteiger partial charge is 0.372 e. The molecule has 7 heteroatoms. The maximum Gasteiger partial charge on any atom is 0.272 e. The average molecular weight is 414 g/mol. The number of carbonyl (C=O) groups is 1. The van der Waals surface area contributed by atoms with E-state index in [-0.39, 0.29) is 23.9 Å². The highest BCUT2D eigenvalue weighted by Crippen LogP contribution is 2.27. The maximum absolute atomic E-state index is 13.4. The molecule has 150 valence electrons. The summed E-state index contributed by atoms with van der Waals surface area (Å²) in [5.74, 6) is -0.473. The van der Waals surface area contributed by atoms with Crippen LogP contribution in [0, 0.1) is 5.82 Å². The van der Waals surface area contributed by atoms with Gasteiger partial charge in [0.2, 0.25) is 0 Å². The van der Waals surface area contributed by atoms with Gasteiger partial charge in [-0.25, -0.2) is 9.07 Å². The van der Waals surface area contributed by atoms with Gasteiger partial charge in [0.15, 0.2) is 0 Å². The molecule has 1 aromatic heterocycles. The number of amides is 1. The predicted octanol–water partition coefficient (Wildman–Crippen LogP) is 4.58. The lowest BCUT2D eigenvalue weighted by Gasteiger charge is -2.35. The van der Waals surface area contributed by atoms with Crippen LogP contribution < -0.4 is 0 Å². The van der Waals surface area contributed by atoms with Crippen molar-refractivity contribution in [2.45, 2.75) is 26.1 Å². The Morgan fingerprint density at radius 2 is 1.76 bits per heavy atom. The summed E-state index contributed by atoms with van der Waals surface area (Å²) in [6.07, 6.45) is -0.0908. The molecule has 0 spiro atoms. The van der Waals surface area contributed by atoms with Gasteiger partial charge in [0, 0.05) is 18.7 Å². The zero-order valence-electron chi connectivity index (χ0n) is 16.2. The molecule has 0 bridgehead atoms. The Labute approximate surface area is 173 Å². The minimum atomic E-state index is -0.327. The molecule has 2 aromatic carbocycles. The highest BCUT2D eigenvalue weighted by atomic mass is 35.5. The summed E-state index contributed by atoms with van der Waals surface area (Å²) < 4.78 is 20.6. The fourth-order valence-corrected chi connectivity index (χ4v) is 3.82. The molecular formula is C22H21ClFN3O2. The van der Waals surface area contributed by atoms with Crippen molar-refractivity contribution < 1.29 is 13.9 Å². The molecular weight excluding hydrogens is 393 g/mol. The maximum atomic E-state index is 13.4. The van der Waals surface area contributed by atoms with E-state index in [1.54, 1.807) is 33.8 Å². The van der Waals surface area contributed by atoms with Crippen molar-refractivity contribution in [3.63, 3.8) is 0 Å². The van der Waals surface area contributed by atoms with E-state index in [9.17, 15) is 9.18 Å². The van der Waals surface area contributed by atoms with Crippen LogP contribution in [-0.4, -0.2) is 45.9 Å². The fourth-order valence-electron chi connectivity index (χ4n) is 3.61. The molecule has 1 saturated heterocycles. The number of morpholine rings is 1. The Kier molecular flexibility index (Phi) is 5.39. The van der Waals surface area contributed by atoms with E-state index in [4.69, 9.17) is 16.3 Å². The van der Waals surface area contributed by atoms with E-state index < -0.39 is 0 Å². The SMILES string of the molecule is C[C@H]1CN(C(=O)c2cc(-c3ccc(F)cc3)nn2-c2ccccc2Cl)C[C@H](C)O1. The highest BCUT2D eigenvalue weighted by Gasteiger charge is 2.29. The van der Waals surface area contributed by atoms with Gasteiger partial charge < -0.3 is 9.64 Å². The second-order valence-electron chi connectivity index (χ2n) is 7.25. The molecule has 29 heavy (non-hydrogen) atoms. The van der Waals surface area contributed by atoms with E-state index in [1.807, 2.05) is 32.0 Å². The Hall–Kier alpha value is -2.70. The van der Waals surface area contributed by atoms with E-state index in [0.717, 1.165) is 5.56 Å². The van der Waals surface area contributed by atoms with Gasteiger partial charge in [-0.1, -0.05) is 23.7 Å². The van der Waals surface area contributed by atoms with Crippen LogP contribution in [-0.2, 0) is 4.74 Å². The Morgan fingerprint density at radius 3 is 2.41 bits per heavy atom. The second-order valence-corrected chi connectivity index (χ2v) is 7.66. The fraction of sp³-hybridized carbons (Fsp3) is 0.273. The summed E-state index contributed by atoms with van der Waals surface area (Å²) in [6.45, 7) is 4.90. The van der Waals surface area contributed by atoms with Crippen LogP contribution in [0.1, 0.15) is 24.3 Å². The number of aromatic nitrogens is 2. The molecule has 1 aliphatic heterocycles. The van der Waals surface area contributed by atoms with Gasteiger partial charge in [0.1, 0.15) is 11.5 Å². The third kappa shape index (κ3) is 4.04. The van der Waals surface area contributed by atoms with Gasteiger partial charge in [0.25, 0.3) is 5.91 Å². The summed E-state index contributed by atoms with van der Waals surface area (Å²) >= 11 is 6.39. The molecule has 3 aromatic rings. The van der Waals surface area contributed by atoms with Gasteiger partial charge >= 0.3 is 0 Å². The quantitative estimate of drug-likeness (QED) is 0.631. The molecule has 0 saturated carbocycles. The van der Waals surface area contributed by atoms with Gasteiger partial charge in [0.05, 0.1) is 28.6 Å². The number of halogens is 2. The zero-order chi connectivity index (χ0) is 20.5. The van der Waals surface area contributed by atoms with E-state index in [2.05, 4.69) is 5.10 Å². The van der Waals surface area contributed by atoms with Gasteiger partial charge in [-0.2, -0.15) is 5.10 Å². The number of hydrogen-bond donors (Lipinski definition) is 0. The van der Waals surface area contributed by atoms with Crippen molar-refractivity contribution in [3.05, 3.63) is 71.1 Å². The number of rotatable bonds is 3. The van der Waals surface area contributed by atoms with Crippen LogP contribution in [0.15, 0.2) is 54.6 Å². The first-order chi connectivity index (χ1) is 13.9. The van der Waals surface area contributed by atoms with Gasteiger partial charge in [-0.15, -0.1) is 0 Å². The number of benzene rings is 2. The summed E-state index contributed by atoms with van der Waals surface area (Å²) in [7, 11) is 0. The number of nitrogens with zero attached hydrogens (tertiary/aromatic N) is 3. The zero-order valence-corrected chi connectivity index (χ0v) is 16.9. The lowest BCUT2D eigenvalue weighted by Crippen LogP contribution is -2.48. The highest BCUT2D eigenvalue weighted by molar-refractivity contribution is 6.32. The van der Waals surface area contributed by atoms with Crippen LogP contribution in [0.5, 0.6) is 0 Å². The smallest absolute Gasteiger partial charge is 0.272 e. The van der Waals surface area contributed by atoms with Crippen molar-refractivity contribution >= 4 is 17.5 Å². The molecule has 0 unspecified atom stereocenters. The van der Waals surface area contributed by atoms with Crippen molar-refractivity contribution in [2.75, 3.05) is 13.1 Å². The molecule has 0 aliphatic carbocycles. The minimum absolute atomic E-state index is 0.0454. The molecule has 1 fully saturated rings. The first-order valence-corrected chi connectivity index (χ1v) is 9.86. The number of ether oxygens (including phenoxy) is 1. The molecule has 2 atom stereocenters. The third-order valence-corrected chi connectivity index (χ3v) is 5.18. The van der Waals surface area contributed by atoms with Crippen molar-refractivity contribution in [2.24, 2.45) is 0 Å². The van der Waals surface area contributed by atoms with Crippen molar-refractivity contribution in [1.82, 2.24) is 14.7 Å². The number of carbonyl (C=O) groups excluding carboxylic acids is 1. The van der Waals surface area contributed by atoms with Gasteiger partial charge in [-0.05, 0) is 56.3 Å². The Bertz CT molecular complexity index is 1020. The lowest BCUT2D eigenvalue weighted by atomic mass is 10.1. The van der Waals surface area contributed by atoms with Crippen molar-refractivity contribution in [1.29, 1.82) is 0 Å². The summed E-state index contributed by atoms with van der Waals surface area (Å²) in [5.41, 5.74) is 2.30. The van der Waals surface area contributed by atoms with Crippen LogP contribution >= 0.6 is 11.6 Å². The molecule has 0 radical (unpaired) electrons. The summed E-state index contributed by atoms with van der Waals surface area (Å²) in [5, 5.41) is 5.11. The average Bonchev–Trinajstić information content (AvgIpc) is 3.12. The van der Waals surface area contributed by atoms with E-state index >= 15 is 0 Å². The predicted molar refractivity (Wildman–Crippen MR) is 110 cm³/mol. The molecule has 2 heterocycles. The molecule has 1 amide bonds. The normalized spacial score (nSPS) is 19.4. The molecule has 5 nitrogen and oxygen atoms in total. The second kappa shape index (κ2) is 7.97. The monoisotopic (exact) mass is 413 g/mol. The van der Waals surface area contributed by atoms with Crippen LogP contribution in [0.25, 0.3) is 16.9 Å². The van der Waals surface area contributed by atoms with E-state index in [1.165, 1.54) is 12.1 Å². The van der Waals surface area contributed by atoms with Crippen LogP contribution in [0.2, 0.25) is 5.02 Å². The summed E-state index contributed by atoms with van der Waals surface area (Å²) in [4.78, 5) is 15.2. The lowest BCUT2D eigenvalue weighted by molar-refractivity contribution is -0.0588. The van der Waals surface area contributed by atoms with E-state index in [0.29, 0.717) is 35.2 Å². The standard InChI is InChI=1S/C22H21ClFN3O2/c1-14-12-26(13-15(2)29-14)22(28)21-11-19(16-7-9-17(24)10-8-16)25-27(21)20-6-4-3-5-18(20)23/h3-11,14-15H,12-13H2,1-2H3/t14-,15-/m0/s1.